The molecule has 0 unspecified atom stereocenters. The van der Waals surface area contributed by atoms with E-state index in [0.29, 0.717) is 31.8 Å². The minimum absolute atomic E-state index is 0.0350. The monoisotopic (exact) mass is 368 g/mol. The van der Waals surface area contributed by atoms with Crippen LogP contribution in [-0.4, -0.2) is 40.5 Å². The second-order valence-corrected chi connectivity index (χ2v) is 7.78. The minimum atomic E-state index is -0.671. The Kier molecular flexibility index (Phi) is 4.37. The van der Waals surface area contributed by atoms with Crippen LogP contribution >= 0.6 is 0 Å². The molecule has 1 fully saturated rings. The number of carbonyl (C=O) groups is 2. The average Bonchev–Trinajstić information content (AvgIpc) is 3.10. The number of anilines is 2. The molecule has 142 valence electrons. The van der Waals surface area contributed by atoms with Gasteiger partial charge in [-0.1, -0.05) is 31.1 Å². The maximum Gasteiger partial charge on any atom is 0.292 e. The Bertz CT molecular complexity index is 866. The summed E-state index contributed by atoms with van der Waals surface area (Å²) < 4.78 is 5.25. The fraction of sp³-hybridized carbons (Fsp3) is 0.450. The lowest BCUT2D eigenvalue weighted by Crippen LogP contribution is -2.59. The number of nitrogens with one attached hydrogen (secondary N) is 2. The molecule has 0 aliphatic carbocycles. The van der Waals surface area contributed by atoms with Crippen LogP contribution in [0.2, 0.25) is 0 Å². The summed E-state index contributed by atoms with van der Waals surface area (Å²) in [5.41, 5.74) is 1.85. The number of likely N-dealkylation sites (tertiary alicyclic amines) is 1. The number of carbonyl (C=O) groups excluding carboxylic acids is 2. The van der Waals surface area contributed by atoms with Crippen LogP contribution in [0.1, 0.15) is 42.9 Å². The molecule has 4 rings (SSSR count). The van der Waals surface area contributed by atoms with Gasteiger partial charge in [0.05, 0.1) is 17.1 Å². The number of para-hydroxylation sites is 2. The summed E-state index contributed by atoms with van der Waals surface area (Å²) in [5, 5.41) is 10.4. The highest BCUT2D eigenvalue weighted by molar-refractivity contribution is 6.06. The minimum Gasteiger partial charge on any atom is -0.369 e. The predicted molar refractivity (Wildman–Crippen MR) is 102 cm³/mol. The predicted octanol–water partition coefficient (Wildman–Crippen LogP) is 2.91. The molecule has 2 aliphatic heterocycles. The quantitative estimate of drug-likeness (QED) is 0.870. The Balaban J connectivity index is 1.44. The van der Waals surface area contributed by atoms with Crippen molar-refractivity contribution >= 4 is 23.2 Å². The molecule has 7 heteroatoms. The maximum absolute atomic E-state index is 12.7. The molecule has 0 saturated carbocycles. The Labute approximate surface area is 158 Å². The molecule has 3 heterocycles. The molecule has 27 heavy (non-hydrogen) atoms. The highest BCUT2D eigenvalue weighted by atomic mass is 16.5. The lowest BCUT2D eigenvalue weighted by Gasteiger charge is -2.44. The number of fused-ring (bicyclic) bond motifs is 1. The van der Waals surface area contributed by atoms with Gasteiger partial charge in [0.2, 0.25) is 11.7 Å². The van der Waals surface area contributed by atoms with E-state index in [-0.39, 0.29) is 17.6 Å². The number of amides is 2. The third kappa shape index (κ3) is 3.29. The number of nitrogens with zero attached hydrogens (tertiary/aromatic N) is 2. The fourth-order valence-electron chi connectivity index (χ4n) is 3.78. The van der Waals surface area contributed by atoms with Crippen LogP contribution in [0.4, 0.5) is 11.4 Å². The largest absolute Gasteiger partial charge is 0.369 e. The van der Waals surface area contributed by atoms with Gasteiger partial charge in [0, 0.05) is 19.2 Å². The molecule has 0 bridgehead atoms. The van der Waals surface area contributed by atoms with Gasteiger partial charge in [0.1, 0.15) is 5.54 Å². The van der Waals surface area contributed by atoms with Crippen molar-refractivity contribution in [1.82, 2.24) is 10.1 Å². The van der Waals surface area contributed by atoms with Gasteiger partial charge in [-0.05, 0) is 37.3 Å². The van der Waals surface area contributed by atoms with E-state index in [9.17, 15) is 9.59 Å². The molecule has 2 aromatic rings. The second-order valence-electron chi connectivity index (χ2n) is 7.78. The van der Waals surface area contributed by atoms with Gasteiger partial charge in [-0.15, -0.1) is 0 Å². The van der Waals surface area contributed by atoms with Crippen LogP contribution in [0.15, 0.2) is 34.9 Å². The third-order valence-electron chi connectivity index (χ3n) is 5.28. The zero-order chi connectivity index (χ0) is 19.0. The van der Waals surface area contributed by atoms with Crippen molar-refractivity contribution in [2.75, 3.05) is 23.7 Å². The second kappa shape index (κ2) is 6.72. The Morgan fingerprint density at radius 3 is 2.67 bits per heavy atom. The van der Waals surface area contributed by atoms with Crippen molar-refractivity contribution < 1.29 is 14.1 Å². The SMILES string of the molecule is CC(C)Cc1cc(C(=O)N2CCC3(CC2)Nc2ccccc2NC3=O)on1. The molecule has 1 saturated heterocycles. The lowest BCUT2D eigenvalue weighted by atomic mass is 9.84. The molecular weight excluding hydrogens is 344 g/mol. The average molecular weight is 368 g/mol. The molecule has 0 atom stereocenters. The number of rotatable bonds is 3. The first-order chi connectivity index (χ1) is 13.0. The van der Waals surface area contributed by atoms with Gasteiger partial charge in [0.15, 0.2) is 0 Å². The van der Waals surface area contributed by atoms with Crippen LogP contribution in [0, 0.1) is 5.92 Å². The summed E-state index contributed by atoms with van der Waals surface area (Å²) in [5.74, 6) is 0.524. The fourth-order valence-corrected chi connectivity index (χ4v) is 3.78. The summed E-state index contributed by atoms with van der Waals surface area (Å²) in [6.45, 7) is 5.17. The first kappa shape index (κ1) is 17.6. The van der Waals surface area contributed by atoms with E-state index < -0.39 is 5.54 Å². The molecule has 2 aliphatic rings. The van der Waals surface area contributed by atoms with E-state index in [1.54, 1.807) is 11.0 Å². The molecule has 0 radical (unpaired) electrons. The summed E-state index contributed by atoms with van der Waals surface area (Å²) >= 11 is 0. The first-order valence-electron chi connectivity index (χ1n) is 9.40. The topological polar surface area (TPSA) is 87.5 Å². The van der Waals surface area contributed by atoms with E-state index in [1.165, 1.54) is 0 Å². The van der Waals surface area contributed by atoms with E-state index in [4.69, 9.17) is 4.52 Å². The van der Waals surface area contributed by atoms with Gasteiger partial charge in [0.25, 0.3) is 5.91 Å². The molecule has 1 spiro atoms. The Morgan fingerprint density at radius 2 is 1.96 bits per heavy atom. The van der Waals surface area contributed by atoms with Crippen LogP contribution < -0.4 is 10.6 Å². The number of piperidine rings is 1. The molecule has 2 amide bonds. The summed E-state index contributed by atoms with van der Waals surface area (Å²) in [6, 6.07) is 9.40. The van der Waals surface area contributed by atoms with Gasteiger partial charge in [-0.3, -0.25) is 9.59 Å². The van der Waals surface area contributed by atoms with E-state index in [2.05, 4.69) is 29.6 Å². The highest BCUT2D eigenvalue weighted by Gasteiger charge is 2.45. The number of benzene rings is 1. The van der Waals surface area contributed by atoms with E-state index >= 15 is 0 Å². The van der Waals surface area contributed by atoms with Gasteiger partial charge in [-0.25, -0.2) is 0 Å². The number of hydrogen-bond acceptors (Lipinski definition) is 5. The number of hydrogen-bond donors (Lipinski definition) is 2. The van der Waals surface area contributed by atoms with E-state index in [0.717, 1.165) is 23.5 Å². The molecule has 7 nitrogen and oxygen atoms in total. The maximum atomic E-state index is 12.7. The zero-order valence-electron chi connectivity index (χ0n) is 15.6. The first-order valence-corrected chi connectivity index (χ1v) is 9.40. The van der Waals surface area contributed by atoms with Crippen molar-refractivity contribution in [1.29, 1.82) is 0 Å². The number of aromatic nitrogens is 1. The molecular formula is C20H24N4O3. The standard InChI is InChI=1S/C20H24N4O3/c1-13(2)11-14-12-17(27-23-14)18(25)24-9-7-20(8-10-24)19(26)21-15-5-3-4-6-16(15)22-20/h3-6,12-13,22H,7-11H2,1-2H3,(H,21,26). The van der Waals surface area contributed by atoms with Crippen molar-refractivity contribution in [2.24, 2.45) is 5.92 Å². The summed E-state index contributed by atoms with van der Waals surface area (Å²) in [6.07, 6.45) is 1.88. The van der Waals surface area contributed by atoms with Crippen LogP contribution in [0.25, 0.3) is 0 Å². The molecule has 1 aromatic carbocycles. The van der Waals surface area contributed by atoms with Gasteiger partial charge < -0.3 is 20.1 Å². The highest BCUT2D eigenvalue weighted by Crippen LogP contribution is 2.36. The summed E-state index contributed by atoms with van der Waals surface area (Å²) in [4.78, 5) is 27.1. The van der Waals surface area contributed by atoms with Gasteiger partial charge in [-0.2, -0.15) is 0 Å². The van der Waals surface area contributed by atoms with Crippen molar-refractivity contribution in [3.8, 4) is 0 Å². The van der Waals surface area contributed by atoms with Crippen LogP contribution in [-0.2, 0) is 11.2 Å². The van der Waals surface area contributed by atoms with Crippen molar-refractivity contribution in [3.05, 3.63) is 41.8 Å². The van der Waals surface area contributed by atoms with Crippen molar-refractivity contribution in [2.45, 2.75) is 38.6 Å². The third-order valence-corrected chi connectivity index (χ3v) is 5.28. The van der Waals surface area contributed by atoms with Crippen LogP contribution in [0.3, 0.4) is 0 Å². The lowest BCUT2D eigenvalue weighted by molar-refractivity contribution is -0.122. The Morgan fingerprint density at radius 1 is 1.26 bits per heavy atom. The Hall–Kier alpha value is -2.83. The molecule has 1 aromatic heterocycles. The molecule has 2 N–H and O–H groups in total. The normalized spacial score (nSPS) is 18.2. The summed E-state index contributed by atoms with van der Waals surface area (Å²) in [7, 11) is 0. The van der Waals surface area contributed by atoms with E-state index in [1.807, 2.05) is 24.3 Å². The van der Waals surface area contributed by atoms with Gasteiger partial charge >= 0.3 is 0 Å². The smallest absolute Gasteiger partial charge is 0.292 e. The van der Waals surface area contributed by atoms with Crippen molar-refractivity contribution in [3.63, 3.8) is 0 Å². The van der Waals surface area contributed by atoms with Crippen LogP contribution in [0.5, 0.6) is 0 Å². The zero-order valence-corrected chi connectivity index (χ0v) is 15.6.